The number of nitrogens with one attached hydrogen (secondary N) is 1. The van der Waals surface area contributed by atoms with Crippen molar-refractivity contribution >= 4 is 5.91 Å². The summed E-state index contributed by atoms with van der Waals surface area (Å²) in [6.45, 7) is 3.52. The van der Waals surface area contributed by atoms with Gasteiger partial charge in [-0.05, 0) is 44.4 Å². The summed E-state index contributed by atoms with van der Waals surface area (Å²) < 4.78 is 5.74. The van der Waals surface area contributed by atoms with Crippen LogP contribution in [0.25, 0.3) is 0 Å². The second-order valence-electron chi connectivity index (χ2n) is 6.08. The molecule has 1 heterocycles. The van der Waals surface area contributed by atoms with Gasteiger partial charge in [0.1, 0.15) is 12.4 Å². The van der Waals surface area contributed by atoms with Gasteiger partial charge in [0.25, 0.3) is 0 Å². The topological polar surface area (TPSA) is 41.6 Å². The summed E-state index contributed by atoms with van der Waals surface area (Å²) in [5.74, 6) is 1.33. The second-order valence-corrected chi connectivity index (χ2v) is 6.08. The number of hydrogen-bond acceptors (Lipinski definition) is 3. The Bertz CT molecular complexity index is 459. The maximum atomic E-state index is 12.1. The molecule has 1 saturated carbocycles. The van der Waals surface area contributed by atoms with Crippen molar-refractivity contribution in [2.24, 2.45) is 5.92 Å². The monoisotopic (exact) mass is 288 g/mol. The molecule has 0 bridgehead atoms. The lowest BCUT2D eigenvalue weighted by Gasteiger charge is -2.31. The Morgan fingerprint density at radius 3 is 2.81 bits per heavy atom. The predicted octanol–water partition coefficient (Wildman–Crippen LogP) is 2.06. The summed E-state index contributed by atoms with van der Waals surface area (Å²) in [4.78, 5) is 14.5. The zero-order chi connectivity index (χ0) is 14.5. The largest absolute Gasteiger partial charge is 0.492 e. The Hall–Kier alpha value is -1.55. The molecular formula is C17H24N2O2. The number of benzene rings is 1. The van der Waals surface area contributed by atoms with E-state index in [2.05, 4.69) is 10.2 Å². The average molecular weight is 288 g/mol. The van der Waals surface area contributed by atoms with Crippen LogP contribution < -0.4 is 10.1 Å². The fourth-order valence-corrected chi connectivity index (χ4v) is 2.83. The number of hydrogen-bond donors (Lipinski definition) is 1. The van der Waals surface area contributed by atoms with Gasteiger partial charge in [0.2, 0.25) is 5.91 Å². The fraction of sp³-hybridized carbons (Fsp3) is 0.588. The van der Waals surface area contributed by atoms with Gasteiger partial charge < -0.3 is 10.1 Å². The van der Waals surface area contributed by atoms with Crippen LogP contribution in [0, 0.1) is 5.92 Å². The molecule has 1 amide bonds. The molecule has 0 radical (unpaired) electrons. The number of piperidine rings is 1. The molecular weight excluding hydrogens is 264 g/mol. The van der Waals surface area contributed by atoms with Gasteiger partial charge in [0, 0.05) is 19.1 Å². The molecule has 4 heteroatoms. The van der Waals surface area contributed by atoms with Gasteiger partial charge in [-0.2, -0.15) is 0 Å². The quantitative estimate of drug-likeness (QED) is 0.871. The first-order valence-corrected chi connectivity index (χ1v) is 8.02. The SMILES string of the molecule is O=C(NC1CC1)C1CCCN(CCOc2ccccc2)C1. The van der Waals surface area contributed by atoms with Crippen LogP contribution in [0.2, 0.25) is 0 Å². The van der Waals surface area contributed by atoms with Crippen molar-refractivity contribution in [2.45, 2.75) is 31.7 Å². The van der Waals surface area contributed by atoms with E-state index in [1.54, 1.807) is 0 Å². The van der Waals surface area contributed by atoms with Gasteiger partial charge in [0.05, 0.1) is 5.92 Å². The Morgan fingerprint density at radius 2 is 2.05 bits per heavy atom. The maximum absolute atomic E-state index is 12.1. The van der Waals surface area contributed by atoms with Crippen LogP contribution in [0.1, 0.15) is 25.7 Å². The number of para-hydroxylation sites is 1. The first-order valence-electron chi connectivity index (χ1n) is 8.02. The Balaban J connectivity index is 1.39. The highest BCUT2D eigenvalue weighted by atomic mass is 16.5. The molecule has 1 aliphatic carbocycles. The molecule has 1 saturated heterocycles. The highest BCUT2D eigenvalue weighted by Crippen LogP contribution is 2.22. The van der Waals surface area contributed by atoms with Crippen LogP contribution in [0.3, 0.4) is 0 Å². The predicted molar refractivity (Wildman–Crippen MR) is 82.3 cm³/mol. The first-order chi connectivity index (χ1) is 10.3. The Labute approximate surface area is 126 Å². The van der Waals surface area contributed by atoms with Gasteiger partial charge in [-0.25, -0.2) is 0 Å². The summed E-state index contributed by atoms with van der Waals surface area (Å²) >= 11 is 0. The van der Waals surface area contributed by atoms with Crippen molar-refractivity contribution < 1.29 is 9.53 Å². The number of carbonyl (C=O) groups is 1. The van der Waals surface area contributed by atoms with E-state index < -0.39 is 0 Å². The third-order valence-electron chi connectivity index (χ3n) is 4.22. The molecule has 1 aliphatic heterocycles. The third kappa shape index (κ3) is 4.46. The van der Waals surface area contributed by atoms with E-state index in [0.717, 1.165) is 51.1 Å². The molecule has 1 N–H and O–H groups in total. The summed E-state index contributed by atoms with van der Waals surface area (Å²) in [5, 5.41) is 3.13. The molecule has 1 unspecified atom stereocenters. The Kier molecular flexibility index (Phi) is 4.76. The lowest BCUT2D eigenvalue weighted by molar-refractivity contribution is -0.126. The van der Waals surface area contributed by atoms with Crippen molar-refractivity contribution in [3.05, 3.63) is 30.3 Å². The van der Waals surface area contributed by atoms with Crippen LogP contribution in [0.15, 0.2) is 30.3 Å². The van der Waals surface area contributed by atoms with Gasteiger partial charge in [-0.1, -0.05) is 18.2 Å². The molecule has 3 rings (SSSR count). The normalized spacial score (nSPS) is 22.8. The standard InChI is InChI=1S/C17H24N2O2/c20-17(18-15-8-9-15)14-5-4-10-19(13-14)11-12-21-16-6-2-1-3-7-16/h1-3,6-7,14-15H,4-5,8-13H2,(H,18,20). The molecule has 1 aromatic rings. The lowest BCUT2D eigenvalue weighted by atomic mass is 9.97. The first kappa shape index (κ1) is 14.4. The van der Waals surface area contributed by atoms with E-state index in [1.807, 2.05) is 30.3 Å². The lowest BCUT2D eigenvalue weighted by Crippen LogP contribution is -2.44. The second kappa shape index (κ2) is 6.94. The molecule has 21 heavy (non-hydrogen) atoms. The number of amides is 1. The van der Waals surface area contributed by atoms with Crippen LogP contribution in [0.5, 0.6) is 5.75 Å². The van der Waals surface area contributed by atoms with E-state index in [4.69, 9.17) is 4.74 Å². The van der Waals surface area contributed by atoms with Crippen molar-refractivity contribution in [3.8, 4) is 5.75 Å². The van der Waals surface area contributed by atoms with Crippen LogP contribution in [-0.4, -0.2) is 43.1 Å². The molecule has 2 aliphatic rings. The minimum atomic E-state index is 0.163. The van der Waals surface area contributed by atoms with E-state index in [0.29, 0.717) is 12.6 Å². The highest BCUT2D eigenvalue weighted by Gasteiger charge is 2.30. The van der Waals surface area contributed by atoms with E-state index in [1.165, 1.54) is 0 Å². The van der Waals surface area contributed by atoms with Crippen molar-refractivity contribution in [1.29, 1.82) is 0 Å². The third-order valence-corrected chi connectivity index (χ3v) is 4.22. The van der Waals surface area contributed by atoms with Crippen molar-refractivity contribution in [2.75, 3.05) is 26.2 Å². The molecule has 1 aromatic carbocycles. The van der Waals surface area contributed by atoms with Gasteiger partial charge in [-0.3, -0.25) is 9.69 Å². The van der Waals surface area contributed by atoms with Gasteiger partial charge >= 0.3 is 0 Å². The number of likely N-dealkylation sites (tertiary alicyclic amines) is 1. The zero-order valence-electron chi connectivity index (χ0n) is 12.5. The van der Waals surface area contributed by atoms with Gasteiger partial charge in [0.15, 0.2) is 0 Å². The van der Waals surface area contributed by atoms with Crippen LogP contribution >= 0.6 is 0 Å². The molecule has 0 spiro atoms. The summed E-state index contributed by atoms with van der Waals surface area (Å²) in [5.41, 5.74) is 0. The molecule has 4 nitrogen and oxygen atoms in total. The fourth-order valence-electron chi connectivity index (χ4n) is 2.83. The molecule has 0 aromatic heterocycles. The van der Waals surface area contributed by atoms with Crippen molar-refractivity contribution in [1.82, 2.24) is 10.2 Å². The van der Waals surface area contributed by atoms with Crippen LogP contribution in [0.4, 0.5) is 0 Å². The average Bonchev–Trinajstić information content (AvgIpc) is 3.33. The minimum Gasteiger partial charge on any atom is -0.492 e. The summed E-state index contributed by atoms with van der Waals surface area (Å²) in [7, 11) is 0. The van der Waals surface area contributed by atoms with Crippen molar-refractivity contribution in [3.63, 3.8) is 0 Å². The van der Waals surface area contributed by atoms with E-state index >= 15 is 0 Å². The minimum absolute atomic E-state index is 0.163. The highest BCUT2D eigenvalue weighted by molar-refractivity contribution is 5.79. The smallest absolute Gasteiger partial charge is 0.224 e. The summed E-state index contributed by atoms with van der Waals surface area (Å²) in [6, 6.07) is 10.4. The van der Waals surface area contributed by atoms with Gasteiger partial charge in [-0.15, -0.1) is 0 Å². The summed E-state index contributed by atoms with van der Waals surface area (Å²) in [6.07, 6.45) is 4.45. The molecule has 114 valence electrons. The number of carbonyl (C=O) groups excluding carboxylic acids is 1. The van der Waals surface area contributed by atoms with E-state index in [-0.39, 0.29) is 11.8 Å². The number of ether oxygens (including phenoxy) is 1. The Morgan fingerprint density at radius 1 is 1.24 bits per heavy atom. The zero-order valence-corrected chi connectivity index (χ0v) is 12.5. The maximum Gasteiger partial charge on any atom is 0.224 e. The molecule has 2 fully saturated rings. The number of rotatable bonds is 6. The van der Waals surface area contributed by atoms with Crippen LogP contribution in [-0.2, 0) is 4.79 Å². The van der Waals surface area contributed by atoms with E-state index in [9.17, 15) is 4.79 Å². The molecule has 1 atom stereocenters. The number of nitrogens with zero attached hydrogens (tertiary/aromatic N) is 1.